The topological polar surface area (TPSA) is 28.4 Å². The molecular formula is C41H28N2O. The van der Waals surface area contributed by atoms with Gasteiger partial charge in [-0.3, -0.25) is 0 Å². The van der Waals surface area contributed by atoms with E-state index in [1.54, 1.807) is 0 Å². The first kappa shape index (κ1) is 24.8. The fraction of sp³-hybridized carbons (Fsp3) is 0.0244. The number of furan rings is 1. The molecule has 1 aliphatic rings. The summed E-state index contributed by atoms with van der Waals surface area (Å²) in [6.45, 7) is 0. The van der Waals surface area contributed by atoms with Gasteiger partial charge in [-0.05, 0) is 69.6 Å². The molecular weight excluding hydrogens is 536 g/mol. The molecule has 1 unspecified atom stereocenters. The van der Waals surface area contributed by atoms with E-state index in [9.17, 15) is 0 Å². The Morgan fingerprint density at radius 1 is 0.500 bits per heavy atom. The first-order valence-electron chi connectivity index (χ1n) is 15.1. The van der Waals surface area contributed by atoms with Gasteiger partial charge >= 0.3 is 0 Å². The van der Waals surface area contributed by atoms with Crippen molar-refractivity contribution in [3.63, 3.8) is 0 Å². The number of fused-ring (bicyclic) bond motifs is 6. The Hall–Kier alpha value is -5.80. The standard InChI is InChI=1S/C41H28N2O/c1-2-11-29(12-3-1)41-42-37-18-7-8-19-38(37)43(41)31-14-10-13-30(25-31)27-21-23-28(24-22-27)35-26-36-33-16-6-9-20-39(33)44-40(36)34-17-5-4-15-32(34)35/h1-26,41-42H. The van der Waals surface area contributed by atoms with E-state index in [0.717, 1.165) is 38.7 Å². The predicted molar refractivity (Wildman–Crippen MR) is 183 cm³/mol. The van der Waals surface area contributed by atoms with E-state index in [0.29, 0.717) is 0 Å². The number of para-hydroxylation sites is 3. The lowest BCUT2D eigenvalue weighted by atomic mass is 9.94. The van der Waals surface area contributed by atoms with Gasteiger partial charge in [-0.25, -0.2) is 0 Å². The molecule has 44 heavy (non-hydrogen) atoms. The average Bonchev–Trinajstić information content (AvgIpc) is 3.68. The summed E-state index contributed by atoms with van der Waals surface area (Å²) in [5.41, 5.74) is 11.4. The molecule has 3 heteroatoms. The fourth-order valence-corrected chi connectivity index (χ4v) is 6.78. The van der Waals surface area contributed by atoms with Gasteiger partial charge in [0, 0.05) is 21.8 Å². The van der Waals surface area contributed by atoms with E-state index in [2.05, 4.69) is 156 Å². The molecule has 3 nitrogen and oxygen atoms in total. The second kappa shape index (κ2) is 9.89. The molecule has 0 amide bonds. The Labute approximate surface area is 255 Å². The molecule has 7 aromatic carbocycles. The van der Waals surface area contributed by atoms with Crippen molar-refractivity contribution in [1.29, 1.82) is 0 Å². The highest BCUT2D eigenvalue weighted by atomic mass is 16.3. The minimum Gasteiger partial charge on any atom is -0.455 e. The summed E-state index contributed by atoms with van der Waals surface area (Å²) in [6, 6.07) is 56.2. The first-order chi connectivity index (χ1) is 21.8. The molecule has 0 saturated carbocycles. The minimum absolute atomic E-state index is 0.0217. The van der Waals surface area contributed by atoms with Crippen molar-refractivity contribution in [2.75, 3.05) is 10.2 Å². The van der Waals surface area contributed by atoms with Crippen molar-refractivity contribution in [3.05, 3.63) is 163 Å². The van der Waals surface area contributed by atoms with E-state index in [1.165, 1.54) is 38.9 Å². The molecule has 1 N–H and O–H groups in total. The van der Waals surface area contributed by atoms with E-state index < -0.39 is 0 Å². The second-order valence-corrected chi connectivity index (χ2v) is 11.4. The van der Waals surface area contributed by atoms with Crippen molar-refractivity contribution < 1.29 is 4.42 Å². The molecule has 0 saturated heterocycles. The highest BCUT2D eigenvalue weighted by Crippen LogP contribution is 2.46. The quantitative estimate of drug-likeness (QED) is 0.230. The lowest BCUT2D eigenvalue weighted by molar-refractivity contribution is 0.672. The van der Waals surface area contributed by atoms with Crippen LogP contribution in [0.2, 0.25) is 0 Å². The summed E-state index contributed by atoms with van der Waals surface area (Å²) < 4.78 is 6.34. The van der Waals surface area contributed by atoms with Crippen LogP contribution in [0.15, 0.2) is 162 Å². The lowest BCUT2D eigenvalue weighted by Crippen LogP contribution is -2.23. The van der Waals surface area contributed by atoms with Crippen LogP contribution in [0.4, 0.5) is 17.1 Å². The second-order valence-electron chi connectivity index (χ2n) is 11.4. The molecule has 2 heterocycles. The molecule has 9 rings (SSSR count). The van der Waals surface area contributed by atoms with Crippen molar-refractivity contribution in [2.24, 2.45) is 0 Å². The highest BCUT2D eigenvalue weighted by molar-refractivity contribution is 6.19. The maximum absolute atomic E-state index is 6.34. The zero-order valence-corrected chi connectivity index (χ0v) is 23.9. The van der Waals surface area contributed by atoms with Crippen LogP contribution in [0.25, 0.3) is 55.0 Å². The minimum atomic E-state index is 0.0217. The Balaban J connectivity index is 1.12. The van der Waals surface area contributed by atoms with Gasteiger partial charge in [0.25, 0.3) is 0 Å². The molecule has 0 bridgehead atoms. The Morgan fingerprint density at radius 2 is 1.20 bits per heavy atom. The number of rotatable bonds is 4. The molecule has 208 valence electrons. The van der Waals surface area contributed by atoms with Gasteiger partial charge in [0.15, 0.2) is 0 Å². The number of nitrogens with one attached hydrogen (secondary N) is 1. The zero-order chi connectivity index (χ0) is 29.0. The van der Waals surface area contributed by atoms with Gasteiger partial charge in [-0.1, -0.05) is 121 Å². The van der Waals surface area contributed by atoms with Gasteiger partial charge < -0.3 is 14.6 Å². The fourth-order valence-electron chi connectivity index (χ4n) is 6.78. The number of anilines is 3. The monoisotopic (exact) mass is 564 g/mol. The van der Waals surface area contributed by atoms with Crippen LogP contribution in [-0.2, 0) is 0 Å². The maximum atomic E-state index is 6.34. The van der Waals surface area contributed by atoms with Crippen LogP contribution in [0.3, 0.4) is 0 Å². The molecule has 8 aromatic rings. The molecule has 0 fully saturated rings. The number of hydrogen-bond donors (Lipinski definition) is 1. The van der Waals surface area contributed by atoms with E-state index in [1.807, 2.05) is 12.1 Å². The van der Waals surface area contributed by atoms with Crippen molar-refractivity contribution in [3.8, 4) is 22.3 Å². The molecule has 1 aliphatic heterocycles. The molecule has 0 spiro atoms. The lowest BCUT2D eigenvalue weighted by Gasteiger charge is -2.28. The summed E-state index contributed by atoms with van der Waals surface area (Å²) in [5.74, 6) is 0. The van der Waals surface area contributed by atoms with E-state index in [-0.39, 0.29) is 6.17 Å². The highest BCUT2D eigenvalue weighted by Gasteiger charge is 2.31. The van der Waals surface area contributed by atoms with Gasteiger partial charge in [0.1, 0.15) is 17.3 Å². The summed E-state index contributed by atoms with van der Waals surface area (Å²) in [7, 11) is 0. The van der Waals surface area contributed by atoms with Crippen molar-refractivity contribution >= 4 is 49.8 Å². The van der Waals surface area contributed by atoms with E-state index >= 15 is 0 Å². The smallest absolute Gasteiger partial charge is 0.143 e. The number of nitrogens with zero attached hydrogens (tertiary/aromatic N) is 1. The van der Waals surface area contributed by atoms with Gasteiger partial charge in [-0.15, -0.1) is 0 Å². The van der Waals surface area contributed by atoms with Gasteiger partial charge in [0.05, 0.1) is 11.4 Å². The Kier molecular flexibility index (Phi) is 5.57. The Morgan fingerprint density at radius 3 is 2.07 bits per heavy atom. The normalized spacial score (nSPS) is 14.3. The van der Waals surface area contributed by atoms with Crippen LogP contribution >= 0.6 is 0 Å². The summed E-state index contributed by atoms with van der Waals surface area (Å²) in [4.78, 5) is 2.40. The van der Waals surface area contributed by atoms with Crippen molar-refractivity contribution in [2.45, 2.75) is 6.17 Å². The maximum Gasteiger partial charge on any atom is 0.143 e. The summed E-state index contributed by atoms with van der Waals surface area (Å²) >= 11 is 0. The average molecular weight is 565 g/mol. The van der Waals surface area contributed by atoms with Gasteiger partial charge in [-0.2, -0.15) is 0 Å². The predicted octanol–water partition coefficient (Wildman–Crippen LogP) is 11.3. The number of hydrogen-bond acceptors (Lipinski definition) is 3. The summed E-state index contributed by atoms with van der Waals surface area (Å²) in [6.07, 6.45) is 0.0217. The molecule has 0 aliphatic carbocycles. The van der Waals surface area contributed by atoms with Crippen LogP contribution in [0.5, 0.6) is 0 Å². The molecule has 1 atom stereocenters. The summed E-state index contributed by atoms with van der Waals surface area (Å²) in [5, 5.41) is 8.37. The van der Waals surface area contributed by atoms with Crippen LogP contribution in [0.1, 0.15) is 11.7 Å². The first-order valence-corrected chi connectivity index (χ1v) is 15.1. The third-order valence-electron chi connectivity index (χ3n) is 8.87. The SMILES string of the molecule is c1ccc(C2Nc3ccccc3N2c2cccc(-c3ccc(-c4cc5c6ccccc6oc5c5ccccc45)cc3)c2)cc1. The zero-order valence-electron chi connectivity index (χ0n) is 23.9. The van der Waals surface area contributed by atoms with E-state index in [4.69, 9.17) is 4.42 Å². The number of benzene rings is 7. The van der Waals surface area contributed by atoms with Crippen molar-refractivity contribution in [1.82, 2.24) is 0 Å². The molecule has 1 aromatic heterocycles. The van der Waals surface area contributed by atoms with Gasteiger partial charge in [0.2, 0.25) is 0 Å². The third-order valence-corrected chi connectivity index (χ3v) is 8.87. The Bertz CT molecular complexity index is 2320. The third kappa shape index (κ3) is 3.90. The molecule has 0 radical (unpaired) electrons. The van der Waals surface area contributed by atoms with Crippen LogP contribution < -0.4 is 10.2 Å². The van der Waals surface area contributed by atoms with Crippen LogP contribution in [0, 0.1) is 0 Å². The largest absolute Gasteiger partial charge is 0.455 e. The van der Waals surface area contributed by atoms with Crippen LogP contribution in [-0.4, -0.2) is 0 Å².